The number of rotatable bonds is 6. The second-order valence-electron chi connectivity index (χ2n) is 5.02. The smallest absolute Gasteiger partial charge is 0.226 e. The van der Waals surface area contributed by atoms with Gasteiger partial charge in [-0.3, -0.25) is 4.79 Å². The third-order valence-electron chi connectivity index (χ3n) is 2.98. The molecule has 0 saturated carbocycles. The van der Waals surface area contributed by atoms with Gasteiger partial charge >= 0.3 is 0 Å². The SMILES string of the molecule is CNC(=O)C(C)(C)CNCc1ccc(OC)cc1F. The van der Waals surface area contributed by atoms with E-state index in [9.17, 15) is 9.18 Å². The maximum Gasteiger partial charge on any atom is 0.226 e. The molecule has 0 radical (unpaired) electrons. The Morgan fingerprint density at radius 2 is 2.11 bits per heavy atom. The van der Waals surface area contributed by atoms with Crippen LogP contribution in [0.1, 0.15) is 19.4 Å². The van der Waals surface area contributed by atoms with Crippen molar-refractivity contribution in [1.82, 2.24) is 10.6 Å². The van der Waals surface area contributed by atoms with E-state index in [2.05, 4.69) is 10.6 Å². The highest BCUT2D eigenvalue weighted by molar-refractivity contribution is 5.81. The van der Waals surface area contributed by atoms with Crippen LogP contribution in [0.4, 0.5) is 4.39 Å². The number of methoxy groups -OCH3 is 1. The van der Waals surface area contributed by atoms with Crippen LogP contribution < -0.4 is 15.4 Å². The molecule has 0 heterocycles. The molecule has 0 bridgehead atoms. The van der Waals surface area contributed by atoms with Crippen LogP contribution in [0.15, 0.2) is 18.2 Å². The molecule has 4 nitrogen and oxygen atoms in total. The number of carbonyl (C=O) groups is 1. The number of hydrogen-bond donors (Lipinski definition) is 2. The quantitative estimate of drug-likeness (QED) is 0.825. The lowest BCUT2D eigenvalue weighted by molar-refractivity contribution is -0.128. The van der Waals surface area contributed by atoms with Gasteiger partial charge < -0.3 is 15.4 Å². The summed E-state index contributed by atoms with van der Waals surface area (Å²) in [6.07, 6.45) is 0. The number of benzene rings is 1. The van der Waals surface area contributed by atoms with E-state index in [1.54, 1.807) is 19.2 Å². The molecule has 0 aliphatic carbocycles. The van der Waals surface area contributed by atoms with Crippen LogP contribution in [0.2, 0.25) is 0 Å². The fourth-order valence-electron chi connectivity index (χ4n) is 1.73. The average Bonchev–Trinajstić information content (AvgIpc) is 2.39. The molecule has 1 aromatic carbocycles. The molecule has 2 N–H and O–H groups in total. The van der Waals surface area contributed by atoms with Crippen LogP contribution in [0.25, 0.3) is 0 Å². The Balaban J connectivity index is 2.56. The zero-order valence-electron chi connectivity index (χ0n) is 11.8. The Hall–Kier alpha value is -1.62. The maximum absolute atomic E-state index is 13.7. The highest BCUT2D eigenvalue weighted by atomic mass is 19.1. The standard InChI is InChI=1S/C14H21FN2O2/c1-14(2,13(18)16-3)9-17-8-10-5-6-11(19-4)7-12(10)15/h5-7,17H,8-9H2,1-4H3,(H,16,18). The highest BCUT2D eigenvalue weighted by Crippen LogP contribution is 2.17. The molecule has 0 aliphatic heterocycles. The maximum atomic E-state index is 13.7. The molecule has 0 saturated heterocycles. The Kier molecular flexibility index (Phi) is 5.30. The van der Waals surface area contributed by atoms with Crippen molar-refractivity contribution in [3.05, 3.63) is 29.6 Å². The predicted octanol–water partition coefficient (Wildman–Crippen LogP) is 1.70. The molecular weight excluding hydrogens is 247 g/mol. The molecular formula is C14H21FN2O2. The monoisotopic (exact) mass is 268 g/mol. The van der Waals surface area contributed by atoms with E-state index in [1.807, 2.05) is 13.8 Å². The Bertz CT molecular complexity index is 447. The van der Waals surface area contributed by atoms with E-state index >= 15 is 0 Å². The van der Waals surface area contributed by atoms with Crippen LogP contribution >= 0.6 is 0 Å². The van der Waals surface area contributed by atoms with Gasteiger partial charge in [0.25, 0.3) is 0 Å². The van der Waals surface area contributed by atoms with Crippen LogP contribution in [0, 0.1) is 11.2 Å². The van der Waals surface area contributed by atoms with E-state index in [0.717, 1.165) is 0 Å². The van der Waals surface area contributed by atoms with E-state index in [1.165, 1.54) is 13.2 Å². The summed E-state index contributed by atoms with van der Waals surface area (Å²) < 4.78 is 18.6. The first kappa shape index (κ1) is 15.4. The molecule has 1 rings (SSSR count). The van der Waals surface area contributed by atoms with E-state index in [-0.39, 0.29) is 11.7 Å². The second-order valence-corrected chi connectivity index (χ2v) is 5.02. The summed E-state index contributed by atoms with van der Waals surface area (Å²) in [6, 6.07) is 4.74. The van der Waals surface area contributed by atoms with Crippen molar-refractivity contribution in [1.29, 1.82) is 0 Å². The molecule has 1 amide bonds. The first-order valence-corrected chi connectivity index (χ1v) is 6.16. The summed E-state index contributed by atoms with van der Waals surface area (Å²) in [5, 5.41) is 5.70. The molecule has 0 fully saturated rings. The molecule has 0 aliphatic rings. The Morgan fingerprint density at radius 3 is 2.63 bits per heavy atom. The fourth-order valence-corrected chi connectivity index (χ4v) is 1.73. The fraction of sp³-hybridized carbons (Fsp3) is 0.500. The second kappa shape index (κ2) is 6.52. The first-order chi connectivity index (χ1) is 8.90. The summed E-state index contributed by atoms with van der Waals surface area (Å²) in [4.78, 5) is 11.6. The normalized spacial score (nSPS) is 11.2. The molecule has 19 heavy (non-hydrogen) atoms. The third kappa shape index (κ3) is 4.21. The summed E-state index contributed by atoms with van der Waals surface area (Å²) in [7, 11) is 3.10. The minimum absolute atomic E-state index is 0.0461. The molecule has 1 aromatic rings. The summed E-state index contributed by atoms with van der Waals surface area (Å²) in [6.45, 7) is 4.51. The molecule has 0 aromatic heterocycles. The number of nitrogens with one attached hydrogen (secondary N) is 2. The van der Waals surface area contributed by atoms with Gasteiger partial charge in [-0.25, -0.2) is 4.39 Å². The molecule has 106 valence electrons. The van der Waals surface area contributed by atoms with Crippen molar-refractivity contribution >= 4 is 5.91 Å². The zero-order valence-corrected chi connectivity index (χ0v) is 11.8. The van der Waals surface area contributed by atoms with Gasteiger partial charge in [-0.15, -0.1) is 0 Å². The van der Waals surface area contributed by atoms with Crippen molar-refractivity contribution in [3.8, 4) is 5.75 Å². The predicted molar refractivity (Wildman–Crippen MR) is 72.5 cm³/mol. The molecule has 0 spiro atoms. The van der Waals surface area contributed by atoms with Crippen LogP contribution in [0.5, 0.6) is 5.75 Å². The summed E-state index contributed by atoms with van der Waals surface area (Å²) in [5.74, 6) is 0.131. The summed E-state index contributed by atoms with van der Waals surface area (Å²) >= 11 is 0. The first-order valence-electron chi connectivity index (χ1n) is 6.16. The minimum atomic E-state index is -0.530. The van der Waals surface area contributed by atoms with Gasteiger partial charge in [-0.05, 0) is 19.9 Å². The van der Waals surface area contributed by atoms with Gasteiger partial charge in [0.1, 0.15) is 11.6 Å². The van der Waals surface area contributed by atoms with Crippen LogP contribution in [-0.2, 0) is 11.3 Å². The van der Waals surface area contributed by atoms with E-state index in [0.29, 0.717) is 24.4 Å². The molecule has 5 heteroatoms. The number of amides is 1. The number of hydrogen-bond acceptors (Lipinski definition) is 3. The Morgan fingerprint density at radius 1 is 1.42 bits per heavy atom. The molecule has 0 unspecified atom stereocenters. The van der Waals surface area contributed by atoms with Gasteiger partial charge in [0, 0.05) is 31.8 Å². The summed E-state index contributed by atoms with van der Waals surface area (Å²) in [5.41, 5.74) is 0.0195. The van der Waals surface area contributed by atoms with Crippen molar-refractivity contribution in [3.63, 3.8) is 0 Å². The van der Waals surface area contributed by atoms with Gasteiger partial charge in [0.2, 0.25) is 5.91 Å². The van der Waals surface area contributed by atoms with Gasteiger partial charge in [-0.1, -0.05) is 6.07 Å². The van der Waals surface area contributed by atoms with E-state index < -0.39 is 5.41 Å². The van der Waals surface area contributed by atoms with Gasteiger partial charge in [-0.2, -0.15) is 0 Å². The van der Waals surface area contributed by atoms with E-state index in [4.69, 9.17) is 4.74 Å². The Labute approximate surface area is 113 Å². The molecule has 0 atom stereocenters. The third-order valence-corrected chi connectivity index (χ3v) is 2.98. The van der Waals surface area contributed by atoms with Gasteiger partial charge in [0.05, 0.1) is 12.5 Å². The minimum Gasteiger partial charge on any atom is -0.497 e. The topological polar surface area (TPSA) is 50.4 Å². The van der Waals surface area contributed by atoms with Crippen molar-refractivity contribution in [2.24, 2.45) is 5.41 Å². The largest absolute Gasteiger partial charge is 0.497 e. The van der Waals surface area contributed by atoms with Crippen LogP contribution in [0.3, 0.4) is 0 Å². The van der Waals surface area contributed by atoms with Crippen LogP contribution in [-0.4, -0.2) is 26.6 Å². The van der Waals surface area contributed by atoms with Gasteiger partial charge in [0.15, 0.2) is 0 Å². The lowest BCUT2D eigenvalue weighted by atomic mass is 9.92. The van der Waals surface area contributed by atoms with Crippen molar-refractivity contribution in [2.45, 2.75) is 20.4 Å². The number of carbonyl (C=O) groups excluding carboxylic acids is 1. The van der Waals surface area contributed by atoms with Crippen molar-refractivity contribution in [2.75, 3.05) is 20.7 Å². The highest BCUT2D eigenvalue weighted by Gasteiger charge is 2.25. The van der Waals surface area contributed by atoms with Crippen molar-refractivity contribution < 1.29 is 13.9 Å². The number of ether oxygens (including phenoxy) is 1. The number of halogens is 1. The lowest BCUT2D eigenvalue weighted by Gasteiger charge is -2.23. The zero-order chi connectivity index (χ0) is 14.5. The lowest BCUT2D eigenvalue weighted by Crippen LogP contribution is -2.41. The average molecular weight is 268 g/mol.